The highest BCUT2D eigenvalue weighted by Gasteiger charge is 2.29. The van der Waals surface area contributed by atoms with Crippen LogP contribution in [0.2, 0.25) is 5.28 Å². The minimum absolute atomic E-state index is 0.320. The van der Waals surface area contributed by atoms with Crippen molar-refractivity contribution in [3.05, 3.63) is 11.1 Å². The summed E-state index contributed by atoms with van der Waals surface area (Å²) in [6, 6.07) is 0. The van der Waals surface area contributed by atoms with Gasteiger partial charge >= 0.3 is 6.18 Å². The second-order valence-corrected chi connectivity index (χ2v) is 2.51. The molecule has 0 aromatic carbocycles. The van der Waals surface area contributed by atoms with Crippen LogP contribution in [0.25, 0.3) is 0 Å². The third kappa shape index (κ3) is 3.41. The number of alkyl halides is 3. The van der Waals surface area contributed by atoms with Crippen molar-refractivity contribution >= 4 is 17.5 Å². The Labute approximate surface area is 76.0 Å². The topological polar surface area (TPSA) is 64.7 Å². The molecular formula is C5H4ClF3N4. The number of anilines is 1. The first kappa shape index (κ1) is 9.97. The summed E-state index contributed by atoms with van der Waals surface area (Å²) in [5, 5.41) is -0.341. The Bertz CT molecular complexity index is 293. The SMILES string of the molecule is Nc1nc(Cl)nc(CC(F)(F)F)n1. The molecule has 0 aliphatic carbocycles. The van der Waals surface area contributed by atoms with Gasteiger partial charge in [-0.1, -0.05) is 0 Å². The van der Waals surface area contributed by atoms with Gasteiger partial charge in [0.2, 0.25) is 11.2 Å². The monoisotopic (exact) mass is 212 g/mol. The Morgan fingerprint density at radius 1 is 1.23 bits per heavy atom. The highest BCUT2D eigenvalue weighted by molar-refractivity contribution is 6.28. The van der Waals surface area contributed by atoms with E-state index in [0.717, 1.165) is 0 Å². The van der Waals surface area contributed by atoms with Crippen molar-refractivity contribution in [2.75, 3.05) is 5.73 Å². The van der Waals surface area contributed by atoms with Gasteiger partial charge in [0.1, 0.15) is 12.2 Å². The number of nitrogens with zero attached hydrogens (tertiary/aromatic N) is 3. The first-order valence-corrected chi connectivity index (χ1v) is 3.47. The van der Waals surface area contributed by atoms with E-state index in [-0.39, 0.29) is 11.2 Å². The van der Waals surface area contributed by atoms with E-state index in [2.05, 4.69) is 15.0 Å². The van der Waals surface area contributed by atoms with Gasteiger partial charge in [-0.15, -0.1) is 0 Å². The van der Waals surface area contributed by atoms with E-state index in [1.807, 2.05) is 0 Å². The van der Waals surface area contributed by atoms with Crippen LogP contribution in [0.1, 0.15) is 5.82 Å². The van der Waals surface area contributed by atoms with Gasteiger partial charge in [-0.2, -0.15) is 23.1 Å². The molecule has 72 valence electrons. The molecule has 0 amide bonds. The van der Waals surface area contributed by atoms with E-state index in [0.29, 0.717) is 0 Å². The molecule has 0 spiro atoms. The summed E-state index contributed by atoms with van der Waals surface area (Å²) >= 11 is 5.27. The van der Waals surface area contributed by atoms with Crippen molar-refractivity contribution in [3.63, 3.8) is 0 Å². The van der Waals surface area contributed by atoms with Crippen molar-refractivity contribution in [3.8, 4) is 0 Å². The molecule has 0 bridgehead atoms. The van der Waals surface area contributed by atoms with E-state index in [1.165, 1.54) is 0 Å². The second kappa shape index (κ2) is 3.33. The molecule has 0 radical (unpaired) electrons. The van der Waals surface area contributed by atoms with Gasteiger partial charge in [0.25, 0.3) is 0 Å². The maximum atomic E-state index is 11.8. The maximum Gasteiger partial charge on any atom is 0.396 e. The molecule has 0 aliphatic rings. The molecule has 0 aliphatic heterocycles. The van der Waals surface area contributed by atoms with Gasteiger partial charge in [-0.25, -0.2) is 4.98 Å². The Balaban J connectivity index is 2.90. The zero-order chi connectivity index (χ0) is 10.1. The normalized spacial score (nSPS) is 11.7. The fourth-order valence-electron chi connectivity index (χ4n) is 0.667. The van der Waals surface area contributed by atoms with E-state index < -0.39 is 18.4 Å². The van der Waals surface area contributed by atoms with Crippen molar-refractivity contribution in [2.24, 2.45) is 0 Å². The Morgan fingerprint density at radius 3 is 2.31 bits per heavy atom. The van der Waals surface area contributed by atoms with E-state index in [9.17, 15) is 13.2 Å². The molecule has 8 heteroatoms. The van der Waals surface area contributed by atoms with Crippen LogP contribution < -0.4 is 5.73 Å². The van der Waals surface area contributed by atoms with Crippen LogP contribution in [0.3, 0.4) is 0 Å². The summed E-state index contributed by atoms with van der Waals surface area (Å²) in [5.41, 5.74) is 5.06. The fraction of sp³-hybridized carbons (Fsp3) is 0.400. The van der Waals surface area contributed by atoms with Crippen molar-refractivity contribution in [2.45, 2.75) is 12.6 Å². The van der Waals surface area contributed by atoms with E-state index >= 15 is 0 Å². The lowest BCUT2D eigenvalue weighted by atomic mass is 10.4. The number of hydrogen-bond donors (Lipinski definition) is 1. The average molecular weight is 213 g/mol. The lowest BCUT2D eigenvalue weighted by Crippen LogP contribution is -2.15. The Kier molecular flexibility index (Phi) is 2.55. The molecule has 0 unspecified atom stereocenters. The van der Waals surface area contributed by atoms with E-state index in [1.54, 1.807) is 0 Å². The summed E-state index contributed by atoms with van der Waals surface area (Å²) in [5.74, 6) is -0.802. The molecule has 0 saturated carbocycles. The third-order valence-corrected chi connectivity index (χ3v) is 1.20. The fourth-order valence-corrected chi connectivity index (χ4v) is 0.851. The van der Waals surface area contributed by atoms with Gasteiger partial charge in [0.05, 0.1) is 0 Å². The van der Waals surface area contributed by atoms with E-state index in [4.69, 9.17) is 17.3 Å². The predicted octanol–water partition coefficient (Wildman–Crippen LogP) is 1.21. The molecule has 1 aromatic rings. The summed E-state index contributed by atoms with van der Waals surface area (Å²) < 4.78 is 35.5. The molecule has 0 atom stereocenters. The molecule has 13 heavy (non-hydrogen) atoms. The maximum absolute atomic E-state index is 11.8. The van der Waals surface area contributed by atoms with Crippen LogP contribution in [0.4, 0.5) is 19.1 Å². The highest BCUT2D eigenvalue weighted by atomic mass is 35.5. The lowest BCUT2D eigenvalue weighted by molar-refractivity contribution is -0.128. The molecule has 4 nitrogen and oxygen atoms in total. The molecule has 0 fully saturated rings. The standard InChI is InChI=1S/C5H4ClF3N4/c6-3-11-2(1-5(7,8)9)12-4(10)13-3/h1H2,(H2,10,11,12,13). The minimum Gasteiger partial charge on any atom is -0.368 e. The molecule has 2 N–H and O–H groups in total. The molecule has 1 aromatic heterocycles. The van der Waals surface area contributed by atoms with Crippen LogP contribution >= 0.6 is 11.6 Å². The third-order valence-electron chi connectivity index (χ3n) is 1.03. The zero-order valence-corrected chi connectivity index (χ0v) is 6.89. The second-order valence-electron chi connectivity index (χ2n) is 2.17. The van der Waals surface area contributed by atoms with Crippen molar-refractivity contribution in [1.82, 2.24) is 15.0 Å². The van der Waals surface area contributed by atoms with Crippen molar-refractivity contribution < 1.29 is 13.2 Å². The Morgan fingerprint density at radius 2 is 1.85 bits per heavy atom. The smallest absolute Gasteiger partial charge is 0.368 e. The largest absolute Gasteiger partial charge is 0.396 e. The summed E-state index contributed by atoms with van der Waals surface area (Å²) in [6.07, 6.45) is -5.64. The molecule has 1 heterocycles. The number of nitrogens with two attached hydrogens (primary N) is 1. The predicted molar refractivity (Wildman–Crippen MR) is 39.0 cm³/mol. The number of hydrogen-bond acceptors (Lipinski definition) is 4. The van der Waals surface area contributed by atoms with Gasteiger partial charge in [0.15, 0.2) is 0 Å². The first-order valence-electron chi connectivity index (χ1n) is 3.09. The van der Waals surface area contributed by atoms with Crippen LogP contribution in [-0.4, -0.2) is 21.1 Å². The number of halogens is 4. The quantitative estimate of drug-likeness (QED) is 0.760. The van der Waals surface area contributed by atoms with Gasteiger partial charge in [0, 0.05) is 0 Å². The van der Waals surface area contributed by atoms with Crippen LogP contribution in [0.5, 0.6) is 0 Å². The first-order chi connectivity index (χ1) is 5.87. The minimum atomic E-state index is -4.38. The van der Waals surface area contributed by atoms with Gasteiger partial charge in [-0.05, 0) is 11.6 Å². The van der Waals surface area contributed by atoms with Crippen LogP contribution in [-0.2, 0) is 6.42 Å². The summed E-state index contributed by atoms with van der Waals surface area (Å²) in [7, 11) is 0. The lowest BCUT2D eigenvalue weighted by Gasteiger charge is -2.04. The molecular weight excluding hydrogens is 209 g/mol. The van der Waals surface area contributed by atoms with Gasteiger partial charge in [-0.3, -0.25) is 0 Å². The number of rotatable bonds is 1. The van der Waals surface area contributed by atoms with Crippen molar-refractivity contribution in [1.29, 1.82) is 0 Å². The average Bonchev–Trinajstić information content (AvgIpc) is 1.78. The van der Waals surface area contributed by atoms with Gasteiger partial charge < -0.3 is 5.73 Å². The van der Waals surface area contributed by atoms with Crippen LogP contribution in [0.15, 0.2) is 0 Å². The summed E-state index contributed by atoms with van der Waals surface area (Å²) in [6.45, 7) is 0. The Hall–Kier alpha value is -1.11. The molecule has 0 saturated heterocycles. The number of aromatic nitrogens is 3. The van der Waals surface area contributed by atoms with Crippen LogP contribution in [0, 0.1) is 0 Å². The highest BCUT2D eigenvalue weighted by Crippen LogP contribution is 2.19. The summed E-state index contributed by atoms with van der Waals surface area (Å²) in [4.78, 5) is 9.85. The molecule has 1 rings (SSSR count). The zero-order valence-electron chi connectivity index (χ0n) is 6.14. The number of nitrogen functional groups attached to an aromatic ring is 1.